The summed E-state index contributed by atoms with van der Waals surface area (Å²) in [6.07, 6.45) is 0.834. The first-order chi connectivity index (χ1) is 5.29. The minimum Gasteiger partial charge on any atom is -1.00 e. The zero-order valence-corrected chi connectivity index (χ0v) is 9.07. The molecule has 0 amide bonds. The van der Waals surface area contributed by atoms with Crippen molar-refractivity contribution in [3.05, 3.63) is 35.9 Å². The van der Waals surface area contributed by atoms with Crippen LogP contribution in [0.2, 0.25) is 0 Å². The topological polar surface area (TPSA) is 37.3 Å². The Morgan fingerprint density at radius 1 is 1.33 bits per heavy atom. The van der Waals surface area contributed by atoms with Crippen molar-refractivity contribution in [3.63, 3.8) is 0 Å². The zero-order valence-electron chi connectivity index (χ0n) is 8.86. The van der Waals surface area contributed by atoms with E-state index in [1.54, 1.807) is 0 Å². The van der Waals surface area contributed by atoms with Crippen molar-refractivity contribution >= 4 is 43.7 Å². The fourth-order valence-corrected chi connectivity index (χ4v) is 0.896. The van der Waals surface area contributed by atoms with Gasteiger partial charge in [-0.3, -0.25) is 4.79 Å². The quantitative estimate of drug-likeness (QED) is 0.738. The monoisotopic (exact) mass is 192 g/mol. The molecule has 0 saturated heterocycles. The fraction of sp³-hybridized carbons (Fsp3) is 0.222. The predicted molar refractivity (Wildman–Crippen MR) is 50.4 cm³/mol. The maximum absolute atomic E-state index is 10.2. The van der Waals surface area contributed by atoms with E-state index in [0.29, 0.717) is 6.42 Å². The van der Waals surface area contributed by atoms with Crippen LogP contribution in [0.15, 0.2) is 30.3 Å². The summed E-state index contributed by atoms with van der Waals surface area (Å²) in [5, 5.41) is 8.37. The Balaban J connectivity index is -0.000000403. The molecule has 0 unspecified atom stereocenters. The van der Waals surface area contributed by atoms with Crippen molar-refractivity contribution in [1.82, 2.24) is 0 Å². The summed E-state index contributed by atoms with van der Waals surface area (Å²) >= 11 is 0. The molecule has 0 aliphatic carbocycles. The Hall–Kier alpha value is -0.0503. The molecule has 1 rings (SSSR count). The summed E-state index contributed by atoms with van der Waals surface area (Å²) < 4.78 is 0. The van der Waals surface area contributed by atoms with Gasteiger partial charge in [0.25, 0.3) is 0 Å². The predicted octanol–water partition coefficient (Wildman–Crippen LogP) is 1.55. The summed E-state index contributed by atoms with van der Waals surface area (Å²) in [5.41, 5.74) is 1.08. The Morgan fingerprint density at radius 2 is 1.92 bits per heavy atom. The first-order valence-electron chi connectivity index (χ1n) is 3.55. The van der Waals surface area contributed by atoms with E-state index in [4.69, 9.17) is 5.11 Å². The summed E-state index contributed by atoms with van der Waals surface area (Å²) in [4.78, 5) is 10.2. The van der Waals surface area contributed by atoms with Gasteiger partial charge < -0.3 is 7.96 Å². The molecule has 0 radical (unpaired) electrons. The SMILES string of the molecule is O=C(O)CCc1ccccc1.[Ca+2].[H-].[H-]. The number of benzene rings is 1. The van der Waals surface area contributed by atoms with Crippen molar-refractivity contribution in [1.29, 1.82) is 0 Å². The van der Waals surface area contributed by atoms with Crippen LogP contribution in [0.3, 0.4) is 0 Å². The number of rotatable bonds is 3. The van der Waals surface area contributed by atoms with Gasteiger partial charge in [-0.15, -0.1) is 0 Å². The Bertz CT molecular complexity index is 242. The number of carbonyl (C=O) groups is 1. The van der Waals surface area contributed by atoms with E-state index in [9.17, 15) is 4.79 Å². The first kappa shape index (κ1) is 11.9. The minimum absolute atomic E-state index is 0. The number of carboxylic acids is 1. The number of hydrogen-bond acceptors (Lipinski definition) is 1. The maximum Gasteiger partial charge on any atom is 2.00 e. The van der Waals surface area contributed by atoms with Crippen LogP contribution in [0.1, 0.15) is 14.8 Å². The molecule has 3 heteroatoms. The van der Waals surface area contributed by atoms with Crippen LogP contribution in [0.4, 0.5) is 0 Å². The van der Waals surface area contributed by atoms with Gasteiger partial charge >= 0.3 is 43.7 Å². The van der Waals surface area contributed by atoms with Crippen LogP contribution in [-0.4, -0.2) is 48.8 Å². The molecule has 0 bridgehead atoms. The third kappa shape index (κ3) is 4.75. The molecule has 0 spiro atoms. The molecule has 2 nitrogen and oxygen atoms in total. The van der Waals surface area contributed by atoms with Crippen LogP contribution in [0, 0.1) is 0 Å². The number of aryl methyl sites for hydroxylation is 1. The number of hydrogen-bond donors (Lipinski definition) is 1. The van der Waals surface area contributed by atoms with E-state index in [1.807, 2.05) is 30.3 Å². The minimum atomic E-state index is -0.742. The van der Waals surface area contributed by atoms with Gasteiger partial charge in [-0.2, -0.15) is 0 Å². The summed E-state index contributed by atoms with van der Waals surface area (Å²) in [6, 6.07) is 9.62. The van der Waals surface area contributed by atoms with Crippen molar-refractivity contribution in [2.24, 2.45) is 0 Å². The molecule has 1 N–H and O–H groups in total. The molecule has 0 aliphatic heterocycles. The fourth-order valence-electron chi connectivity index (χ4n) is 0.896. The molecule has 0 aliphatic rings. The van der Waals surface area contributed by atoms with E-state index < -0.39 is 5.97 Å². The average molecular weight is 192 g/mol. The van der Waals surface area contributed by atoms with E-state index >= 15 is 0 Å². The van der Waals surface area contributed by atoms with Crippen molar-refractivity contribution in [3.8, 4) is 0 Å². The zero-order chi connectivity index (χ0) is 8.10. The van der Waals surface area contributed by atoms with Gasteiger partial charge in [0.2, 0.25) is 0 Å². The molecule has 1 aromatic rings. The Kier molecular flexibility index (Phi) is 6.44. The van der Waals surface area contributed by atoms with Gasteiger partial charge in [-0.1, -0.05) is 30.3 Å². The second-order valence-corrected chi connectivity index (χ2v) is 2.38. The van der Waals surface area contributed by atoms with Gasteiger partial charge in [0.15, 0.2) is 0 Å². The largest absolute Gasteiger partial charge is 2.00 e. The molecule has 12 heavy (non-hydrogen) atoms. The Labute approximate surface area is 105 Å². The molecule has 0 aromatic heterocycles. The molecular formula is C9H12CaO2. The summed E-state index contributed by atoms with van der Waals surface area (Å²) in [6.45, 7) is 0. The van der Waals surface area contributed by atoms with Crippen LogP contribution < -0.4 is 0 Å². The van der Waals surface area contributed by atoms with Crippen molar-refractivity contribution < 1.29 is 12.8 Å². The summed E-state index contributed by atoms with van der Waals surface area (Å²) in [7, 11) is 0. The maximum atomic E-state index is 10.2. The van der Waals surface area contributed by atoms with Crippen LogP contribution in [-0.2, 0) is 11.2 Å². The van der Waals surface area contributed by atoms with Gasteiger partial charge in [-0.05, 0) is 12.0 Å². The average Bonchev–Trinajstić information content (AvgIpc) is 2.03. The smallest absolute Gasteiger partial charge is 1.00 e. The standard InChI is InChI=1S/C9H10O2.Ca.2H/c10-9(11)7-6-8-4-2-1-3-5-8;;;/h1-5H,6-7H2,(H,10,11);;;/q;+2;2*-1. The second kappa shape index (κ2) is 6.46. The van der Waals surface area contributed by atoms with E-state index in [0.717, 1.165) is 5.56 Å². The normalized spacial score (nSPS) is 8.67. The van der Waals surface area contributed by atoms with Crippen molar-refractivity contribution in [2.45, 2.75) is 12.8 Å². The molecule has 1 aromatic carbocycles. The van der Waals surface area contributed by atoms with Crippen LogP contribution in [0.25, 0.3) is 0 Å². The second-order valence-electron chi connectivity index (χ2n) is 2.38. The van der Waals surface area contributed by atoms with Gasteiger partial charge in [0, 0.05) is 6.42 Å². The molecular weight excluding hydrogens is 180 g/mol. The van der Waals surface area contributed by atoms with Gasteiger partial charge in [0.1, 0.15) is 0 Å². The Morgan fingerprint density at radius 3 is 2.42 bits per heavy atom. The molecule has 0 atom stereocenters. The van der Waals surface area contributed by atoms with Crippen LogP contribution in [0.5, 0.6) is 0 Å². The van der Waals surface area contributed by atoms with E-state index in [1.165, 1.54) is 0 Å². The third-order valence-electron chi connectivity index (χ3n) is 1.47. The number of aliphatic carboxylic acids is 1. The van der Waals surface area contributed by atoms with Crippen LogP contribution >= 0.6 is 0 Å². The van der Waals surface area contributed by atoms with E-state index in [-0.39, 0.29) is 47.0 Å². The van der Waals surface area contributed by atoms with Gasteiger partial charge in [-0.25, -0.2) is 0 Å². The van der Waals surface area contributed by atoms with Gasteiger partial charge in [0.05, 0.1) is 0 Å². The molecule has 0 fully saturated rings. The van der Waals surface area contributed by atoms with Crippen molar-refractivity contribution in [2.75, 3.05) is 0 Å². The van der Waals surface area contributed by atoms with E-state index in [2.05, 4.69) is 0 Å². The number of carboxylic acid groups (broad SMARTS) is 1. The summed E-state index contributed by atoms with van der Waals surface area (Å²) in [5.74, 6) is -0.742. The third-order valence-corrected chi connectivity index (χ3v) is 1.47. The molecule has 0 saturated carbocycles. The molecule has 0 heterocycles. The first-order valence-corrected chi connectivity index (χ1v) is 3.55. The molecule has 62 valence electrons.